The maximum absolute atomic E-state index is 12.3. The fourth-order valence-electron chi connectivity index (χ4n) is 2.91. The van der Waals surface area contributed by atoms with Gasteiger partial charge in [0.05, 0.1) is 5.56 Å². The monoisotopic (exact) mass is 325 g/mol. The van der Waals surface area contributed by atoms with Crippen LogP contribution in [0.1, 0.15) is 15.9 Å². The van der Waals surface area contributed by atoms with E-state index in [4.69, 9.17) is 14.2 Å². The lowest BCUT2D eigenvalue weighted by Gasteiger charge is -2.17. The maximum atomic E-state index is 12.3. The van der Waals surface area contributed by atoms with Crippen LogP contribution in [0.15, 0.2) is 42.5 Å². The summed E-state index contributed by atoms with van der Waals surface area (Å²) in [5.41, 5.74) is 2.35. The molecule has 0 saturated heterocycles. The van der Waals surface area contributed by atoms with E-state index in [-0.39, 0.29) is 19.3 Å². The average Bonchev–Trinajstić information content (AvgIpc) is 3.25. The molecule has 0 N–H and O–H groups in total. The predicted octanol–water partition coefficient (Wildman–Crippen LogP) is 2.16. The molecule has 0 bridgehead atoms. The topological polar surface area (TPSA) is 65.1 Å². The van der Waals surface area contributed by atoms with Crippen molar-refractivity contribution in [2.24, 2.45) is 0 Å². The number of para-hydroxylation sites is 1. The van der Waals surface area contributed by atoms with Gasteiger partial charge in [-0.3, -0.25) is 4.79 Å². The molecule has 2 heterocycles. The van der Waals surface area contributed by atoms with Gasteiger partial charge in [-0.2, -0.15) is 0 Å². The van der Waals surface area contributed by atoms with Crippen molar-refractivity contribution >= 4 is 17.6 Å². The molecule has 0 saturated carbocycles. The third-order valence-electron chi connectivity index (χ3n) is 4.12. The Kier molecular flexibility index (Phi) is 3.57. The quantitative estimate of drug-likeness (QED) is 0.809. The van der Waals surface area contributed by atoms with E-state index in [1.165, 1.54) is 0 Å². The molecular formula is C18H15NO5. The van der Waals surface area contributed by atoms with Crippen molar-refractivity contribution in [1.82, 2.24) is 0 Å². The highest BCUT2D eigenvalue weighted by Gasteiger charge is 2.25. The van der Waals surface area contributed by atoms with Gasteiger partial charge in [0.2, 0.25) is 6.79 Å². The van der Waals surface area contributed by atoms with Crippen molar-refractivity contribution in [2.45, 2.75) is 6.42 Å². The second-order valence-corrected chi connectivity index (χ2v) is 5.57. The number of hydrogen-bond donors (Lipinski definition) is 0. The predicted molar refractivity (Wildman–Crippen MR) is 85.3 cm³/mol. The van der Waals surface area contributed by atoms with Crippen molar-refractivity contribution in [3.05, 3.63) is 53.6 Å². The molecule has 6 heteroatoms. The average molecular weight is 325 g/mol. The molecule has 6 nitrogen and oxygen atoms in total. The van der Waals surface area contributed by atoms with E-state index >= 15 is 0 Å². The molecule has 1 amide bonds. The molecule has 0 fully saturated rings. The Morgan fingerprint density at radius 1 is 1.08 bits per heavy atom. The number of rotatable bonds is 3. The Morgan fingerprint density at radius 3 is 2.83 bits per heavy atom. The molecule has 2 aliphatic heterocycles. The summed E-state index contributed by atoms with van der Waals surface area (Å²) in [6.07, 6.45) is 0.817. The first kappa shape index (κ1) is 14.6. The van der Waals surface area contributed by atoms with Crippen LogP contribution in [0.3, 0.4) is 0 Å². The summed E-state index contributed by atoms with van der Waals surface area (Å²) in [6.45, 7) is 0.460. The molecule has 0 spiro atoms. The number of anilines is 1. The van der Waals surface area contributed by atoms with E-state index in [0.29, 0.717) is 23.6 Å². The van der Waals surface area contributed by atoms with E-state index in [1.54, 1.807) is 23.1 Å². The van der Waals surface area contributed by atoms with Crippen molar-refractivity contribution in [3.8, 4) is 11.5 Å². The molecule has 2 aromatic carbocycles. The van der Waals surface area contributed by atoms with Crippen LogP contribution in [-0.4, -0.2) is 31.8 Å². The highest BCUT2D eigenvalue weighted by Crippen LogP contribution is 2.32. The van der Waals surface area contributed by atoms with Crippen LogP contribution in [0.2, 0.25) is 0 Å². The smallest absolute Gasteiger partial charge is 0.338 e. The van der Waals surface area contributed by atoms with E-state index in [0.717, 1.165) is 17.7 Å². The van der Waals surface area contributed by atoms with Gasteiger partial charge in [-0.15, -0.1) is 0 Å². The first-order chi connectivity index (χ1) is 11.7. The fraction of sp³-hybridized carbons (Fsp3) is 0.222. The van der Waals surface area contributed by atoms with E-state index in [2.05, 4.69) is 0 Å². The fourth-order valence-corrected chi connectivity index (χ4v) is 2.91. The van der Waals surface area contributed by atoms with Crippen LogP contribution < -0.4 is 14.4 Å². The summed E-state index contributed by atoms with van der Waals surface area (Å²) in [5, 5.41) is 0. The van der Waals surface area contributed by atoms with Crippen LogP contribution in [-0.2, 0) is 16.0 Å². The lowest BCUT2D eigenvalue weighted by Crippen LogP contribution is -2.33. The lowest BCUT2D eigenvalue weighted by molar-refractivity contribution is -0.121. The number of esters is 1. The number of fused-ring (bicyclic) bond motifs is 2. The van der Waals surface area contributed by atoms with E-state index in [9.17, 15) is 9.59 Å². The highest BCUT2D eigenvalue weighted by molar-refractivity contribution is 5.98. The minimum Gasteiger partial charge on any atom is -0.454 e. The largest absolute Gasteiger partial charge is 0.454 e. The third kappa shape index (κ3) is 2.56. The number of carbonyl (C=O) groups excluding carboxylic acids is 2. The molecule has 24 heavy (non-hydrogen) atoms. The minimum absolute atomic E-state index is 0.140. The van der Waals surface area contributed by atoms with Crippen molar-refractivity contribution in [1.29, 1.82) is 0 Å². The molecule has 0 aromatic heterocycles. The Labute approximate surface area is 138 Å². The first-order valence-electron chi connectivity index (χ1n) is 7.67. The van der Waals surface area contributed by atoms with Crippen molar-refractivity contribution in [3.63, 3.8) is 0 Å². The Bertz CT molecular complexity index is 817. The minimum atomic E-state index is -0.561. The molecule has 0 atom stereocenters. The lowest BCUT2D eigenvalue weighted by atomic mass is 10.2. The van der Waals surface area contributed by atoms with Gasteiger partial charge in [0.25, 0.3) is 5.91 Å². The number of ether oxygens (including phenoxy) is 3. The number of benzene rings is 2. The molecule has 0 radical (unpaired) electrons. The number of carbonyl (C=O) groups is 2. The van der Waals surface area contributed by atoms with Gasteiger partial charge in [0, 0.05) is 12.2 Å². The molecule has 0 aliphatic carbocycles. The zero-order chi connectivity index (χ0) is 16.5. The maximum Gasteiger partial charge on any atom is 0.338 e. The van der Waals surface area contributed by atoms with Gasteiger partial charge >= 0.3 is 5.97 Å². The molecule has 0 unspecified atom stereocenters. The van der Waals surface area contributed by atoms with Crippen molar-refractivity contribution < 1.29 is 23.8 Å². The van der Waals surface area contributed by atoms with Crippen LogP contribution in [0, 0.1) is 0 Å². The van der Waals surface area contributed by atoms with E-state index in [1.807, 2.05) is 24.3 Å². The van der Waals surface area contributed by atoms with Crippen molar-refractivity contribution in [2.75, 3.05) is 24.8 Å². The second kappa shape index (κ2) is 5.88. The molecular weight excluding hydrogens is 310 g/mol. The zero-order valence-corrected chi connectivity index (χ0v) is 12.9. The Balaban J connectivity index is 1.40. The summed E-state index contributed by atoms with van der Waals surface area (Å²) in [7, 11) is 0. The van der Waals surface area contributed by atoms with Gasteiger partial charge in [0.15, 0.2) is 18.1 Å². The van der Waals surface area contributed by atoms with Gasteiger partial charge in [-0.05, 0) is 36.2 Å². The second-order valence-electron chi connectivity index (χ2n) is 5.57. The highest BCUT2D eigenvalue weighted by atomic mass is 16.7. The normalized spacial score (nSPS) is 14.4. The van der Waals surface area contributed by atoms with Crippen LogP contribution in [0.25, 0.3) is 0 Å². The van der Waals surface area contributed by atoms with Crippen LogP contribution >= 0.6 is 0 Å². The van der Waals surface area contributed by atoms with Gasteiger partial charge in [0.1, 0.15) is 0 Å². The zero-order valence-electron chi connectivity index (χ0n) is 12.9. The SMILES string of the molecule is O=C(OCC(=O)N1CCc2ccccc21)c1ccc2c(c1)OCO2. The summed E-state index contributed by atoms with van der Waals surface area (Å²) < 4.78 is 15.6. The van der Waals surface area contributed by atoms with E-state index < -0.39 is 5.97 Å². The standard InChI is InChI=1S/C18H15NO5/c20-17(19-8-7-12-3-1-2-4-14(12)19)10-22-18(21)13-5-6-15-16(9-13)24-11-23-15/h1-6,9H,7-8,10-11H2. The van der Waals surface area contributed by atoms with Gasteiger partial charge in [-0.25, -0.2) is 4.79 Å². The molecule has 4 rings (SSSR count). The molecule has 2 aromatic rings. The Hall–Kier alpha value is -3.02. The first-order valence-corrected chi connectivity index (χ1v) is 7.67. The van der Waals surface area contributed by atoms with Gasteiger partial charge < -0.3 is 19.1 Å². The molecule has 2 aliphatic rings. The summed E-state index contributed by atoms with van der Waals surface area (Å²) in [4.78, 5) is 26.1. The summed E-state index contributed by atoms with van der Waals surface area (Å²) in [6, 6.07) is 12.5. The Morgan fingerprint density at radius 2 is 1.92 bits per heavy atom. The number of amides is 1. The van der Waals surface area contributed by atoms with Crippen LogP contribution in [0.5, 0.6) is 11.5 Å². The number of nitrogens with zero attached hydrogens (tertiary/aromatic N) is 1. The van der Waals surface area contributed by atoms with Crippen LogP contribution in [0.4, 0.5) is 5.69 Å². The molecule has 122 valence electrons. The third-order valence-corrected chi connectivity index (χ3v) is 4.12. The number of hydrogen-bond acceptors (Lipinski definition) is 5. The summed E-state index contributed by atoms with van der Waals surface area (Å²) >= 11 is 0. The summed E-state index contributed by atoms with van der Waals surface area (Å²) in [5.74, 6) is 0.309. The van der Waals surface area contributed by atoms with Gasteiger partial charge in [-0.1, -0.05) is 18.2 Å².